The molecule has 1 N–H and O–H groups in total. The molecule has 136 valence electrons. The van der Waals surface area contributed by atoms with E-state index >= 15 is 0 Å². The molecule has 7 nitrogen and oxygen atoms in total. The van der Waals surface area contributed by atoms with Crippen molar-refractivity contribution in [3.8, 4) is 5.69 Å². The molecule has 2 heterocycles. The molecular formula is C19H23N5O2. The van der Waals surface area contributed by atoms with Crippen molar-refractivity contribution in [3.63, 3.8) is 0 Å². The number of aromatic nitrogens is 3. The second-order valence-electron chi connectivity index (χ2n) is 6.54. The van der Waals surface area contributed by atoms with Crippen LogP contribution in [-0.4, -0.2) is 31.7 Å². The Kier molecular flexibility index (Phi) is 5.36. The summed E-state index contributed by atoms with van der Waals surface area (Å²) in [5, 5.41) is 10.6. The van der Waals surface area contributed by atoms with Crippen molar-refractivity contribution in [3.05, 3.63) is 61.1 Å². The number of hydrogen-bond acceptors (Lipinski definition) is 4. The minimum absolute atomic E-state index is 0.0566. The molecule has 0 unspecified atom stereocenters. The summed E-state index contributed by atoms with van der Waals surface area (Å²) in [5.41, 5.74) is 1.59. The van der Waals surface area contributed by atoms with Gasteiger partial charge in [0.15, 0.2) is 0 Å². The highest BCUT2D eigenvalue weighted by Crippen LogP contribution is 2.19. The van der Waals surface area contributed by atoms with Crippen molar-refractivity contribution in [2.45, 2.75) is 33.4 Å². The third-order valence-electron chi connectivity index (χ3n) is 4.44. The number of carbonyl (C=O) groups excluding carboxylic acids is 1. The quantitative estimate of drug-likeness (QED) is 0.728. The lowest BCUT2D eigenvalue weighted by molar-refractivity contribution is 0.163. The van der Waals surface area contributed by atoms with Gasteiger partial charge < -0.3 is 14.6 Å². The van der Waals surface area contributed by atoms with Crippen LogP contribution in [0.25, 0.3) is 5.69 Å². The lowest BCUT2D eigenvalue weighted by Gasteiger charge is -2.31. The fraction of sp³-hybridized carbons (Fsp3) is 0.316. The van der Waals surface area contributed by atoms with E-state index in [-0.39, 0.29) is 12.1 Å². The molecule has 26 heavy (non-hydrogen) atoms. The van der Waals surface area contributed by atoms with E-state index in [1.54, 1.807) is 28.4 Å². The highest BCUT2D eigenvalue weighted by Gasteiger charge is 2.24. The van der Waals surface area contributed by atoms with Crippen LogP contribution in [0.3, 0.4) is 0 Å². The zero-order chi connectivity index (χ0) is 18.5. The summed E-state index contributed by atoms with van der Waals surface area (Å²) in [6, 6.07) is 11.1. The molecule has 7 heteroatoms. The molecular weight excluding hydrogens is 330 g/mol. The average molecular weight is 353 g/mol. The number of nitrogens with one attached hydrogen (secondary N) is 1. The van der Waals surface area contributed by atoms with Gasteiger partial charge in [0.1, 0.15) is 18.4 Å². The normalized spacial score (nSPS) is 12.2. The largest absolute Gasteiger partial charge is 0.467 e. The van der Waals surface area contributed by atoms with Crippen LogP contribution in [0.5, 0.6) is 0 Å². The van der Waals surface area contributed by atoms with Crippen LogP contribution in [0, 0.1) is 5.92 Å². The molecule has 3 aromatic rings. The van der Waals surface area contributed by atoms with Gasteiger partial charge in [-0.3, -0.25) is 4.57 Å². The third kappa shape index (κ3) is 4.11. The zero-order valence-electron chi connectivity index (χ0n) is 15.2. The number of anilines is 1. The van der Waals surface area contributed by atoms with Crippen LogP contribution in [0.1, 0.15) is 26.5 Å². The number of hydrogen-bond donors (Lipinski definition) is 1. The minimum Gasteiger partial charge on any atom is -0.467 e. The fourth-order valence-electron chi connectivity index (χ4n) is 2.60. The molecule has 0 saturated carbocycles. The number of amides is 2. The molecule has 0 radical (unpaired) electrons. The highest BCUT2D eigenvalue weighted by atomic mass is 16.3. The van der Waals surface area contributed by atoms with Crippen molar-refractivity contribution in [1.82, 2.24) is 19.7 Å². The molecule has 0 bridgehead atoms. The number of urea groups is 1. The monoisotopic (exact) mass is 353 g/mol. The number of furan rings is 1. The van der Waals surface area contributed by atoms with E-state index in [9.17, 15) is 4.79 Å². The van der Waals surface area contributed by atoms with Crippen molar-refractivity contribution >= 4 is 11.7 Å². The SMILES string of the molecule is CC(C)[C@H](C)N(Cc1ccco1)C(=O)Nc1cccc(-n2cnnc2)c1. The maximum atomic E-state index is 12.9. The van der Waals surface area contributed by atoms with Gasteiger partial charge in [-0.15, -0.1) is 10.2 Å². The van der Waals surface area contributed by atoms with Gasteiger partial charge in [-0.25, -0.2) is 4.79 Å². The summed E-state index contributed by atoms with van der Waals surface area (Å²) in [6.07, 6.45) is 4.85. The summed E-state index contributed by atoms with van der Waals surface area (Å²) < 4.78 is 7.21. The van der Waals surface area contributed by atoms with Gasteiger partial charge in [0.25, 0.3) is 0 Å². The highest BCUT2D eigenvalue weighted by molar-refractivity contribution is 5.89. The van der Waals surface area contributed by atoms with Crippen molar-refractivity contribution in [2.75, 3.05) is 5.32 Å². The van der Waals surface area contributed by atoms with E-state index in [2.05, 4.69) is 29.4 Å². The molecule has 1 aromatic carbocycles. The molecule has 1 atom stereocenters. The van der Waals surface area contributed by atoms with Gasteiger partial charge >= 0.3 is 6.03 Å². The Morgan fingerprint density at radius 2 is 1.96 bits per heavy atom. The summed E-state index contributed by atoms with van der Waals surface area (Å²) in [4.78, 5) is 14.7. The Bertz CT molecular complexity index is 828. The molecule has 0 spiro atoms. The van der Waals surface area contributed by atoms with Gasteiger partial charge in [-0.05, 0) is 43.2 Å². The van der Waals surface area contributed by atoms with E-state index in [1.165, 1.54) is 0 Å². The lowest BCUT2D eigenvalue weighted by Crippen LogP contribution is -2.43. The van der Waals surface area contributed by atoms with Crippen LogP contribution >= 0.6 is 0 Å². The number of benzene rings is 1. The third-order valence-corrected chi connectivity index (χ3v) is 4.44. The number of rotatable bonds is 6. The summed E-state index contributed by atoms with van der Waals surface area (Å²) in [7, 11) is 0. The van der Waals surface area contributed by atoms with Crippen LogP contribution in [0.15, 0.2) is 59.7 Å². The van der Waals surface area contributed by atoms with Gasteiger partial charge in [0.2, 0.25) is 0 Å². The number of carbonyl (C=O) groups is 1. The molecule has 0 aliphatic heterocycles. The van der Waals surface area contributed by atoms with Crippen molar-refractivity contribution in [1.29, 1.82) is 0 Å². The van der Waals surface area contributed by atoms with E-state index in [4.69, 9.17) is 4.42 Å². The standard InChI is InChI=1S/C19H23N5O2/c1-14(2)15(3)24(11-18-8-5-9-26-18)19(25)22-16-6-4-7-17(10-16)23-12-20-21-13-23/h4-10,12-15H,11H2,1-3H3,(H,22,25)/t15-/m0/s1. The second-order valence-corrected chi connectivity index (χ2v) is 6.54. The van der Waals surface area contributed by atoms with E-state index in [0.29, 0.717) is 18.2 Å². The van der Waals surface area contributed by atoms with Gasteiger partial charge in [-0.1, -0.05) is 19.9 Å². The summed E-state index contributed by atoms with van der Waals surface area (Å²) in [5.74, 6) is 1.07. The van der Waals surface area contributed by atoms with Gasteiger partial charge in [0.05, 0.1) is 18.5 Å². The van der Waals surface area contributed by atoms with E-state index in [1.807, 2.05) is 43.3 Å². The van der Waals surface area contributed by atoms with E-state index in [0.717, 1.165) is 11.4 Å². The Morgan fingerprint density at radius 3 is 2.62 bits per heavy atom. The first-order chi connectivity index (χ1) is 12.5. The number of nitrogens with zero attached hydrogens (tertiary/aromatic N) is 4. The van der Waals surface area contributed by atoms with Crippen molar-refractivity contribution < 1.29 is 9.21 Å². The first kappa shape index (κ1) is 17.7. The van der Waals surface area contributed by atoms with Gasteiger partial charge in [-0.2, -0.15) is 0 Å². The molecule has 2 aromatic heterocycles. The van der Waals surface area contributed by atoms with Gasteiger partial charge in [0, 0.05) is 11.7 Å². The summed E-state index contributed by atoms with van der Waals surface area (Å²) in [6.45, 7) is 6.66. The molecule has 0 fully saturated rings. The second kappa shape index (κ2) is 7.86. The molecule has 2 amide bonds. The predicted octanol–water partition coefficient (Wildman–Crippen LogP) is 3.94. The molecule has 0 saturated heterocycles. The van der Waals surface area contributed by atoms with E-state index < -0.39 is 0 Å². The topological polar surface area (TPSA) is 76.2 Å². The van der Waals surface area contributed by atoms with Crippen LogP contribution in [0.4, 0.5) is 10.5 Å². The van der Waals surface area contributed by atoms with Crippen LogP contribution in [-0.2, 0) is 6.54 Å². The Labute approximate surface area is 152 Å². The smallest absolute Gasteiger partial charge is 0.322 e. The Balaban J connectivity index is 1.78. The molecule has 0 aliphatic rings. The summed E-state index contributed by atoms with van der Waals surface area (Å²) >= 11 is 0. The Hall–Kier alpha value is -3.09. The first-order valence-electron chi connectivity index (χ1n) is 8.59. The predicted molar refractivity (Wildman–Crippen MR) is 98.9 cm³/mol. The molecule has 3 rings (SSSR count). The van der Waals surface area contributed by atoms with Crippen LogP contribution in [0.2, 0.25) is 0 Å². The Morgan fingerprint density at radius 1 is 1.19 bits per heavy atom. The minimum atomic E-state index is -0.163. The maximum Gasteiger partial charge on any atom is 0.322 e. The van der Waals surface area contributed by atoms with Crippen molar-refractivity contribution in [2.24, 2.45) is 5.92 Å². The fourth-order valence-corrected chi connectivity index (χ4v) is 2.60. The van der Waals surface area contributed by atoms with Crippen LogP contribution < -0.4 is 5.32 Å². The molecule has 0 aliphatic carbocycles. The first-order valence-corrected chi connectivity index (χ1v) is 8.59. The zero-order valence-corrected chi connectivity index (χ0v) is 15.2. The lowest BCUT2D eigenvalue weighted by atomic mass is 10.0. The average Bonchev–Trinajstić information content (AvgIpc) is 3.33. The maximum absolute atomic E-state index is 12.9.